The number of rotatable bonds is 7. The van der Waals surface area contributed by atoms with E-state index >= 15 is 0 Å². The minimum atomic E-state index is -0.487. The van der Waals surface area contributed by atoms with Crippen molar-refractivity contribution in [1.29, 1.82) is 0 Å². The quantitative estimate of drug-likeness (QED) is 0.804. The van der Waals surface area contributed by atoms with E-state index in [0.717, 1.165) is 37.4 Å². The summed E-state index contributed by atoms with van der Waals surface area (Å²) < 4.78 is 11.5. The number of hydrogen-bond donors (Lipinski definition) is 1. The molecule has 1 unspecified atom stereocenters. The van der Waals surface area contributed by atoms with Crippen molar-refractivity contribution >= 4 is 5.91 Å². The molecule has 4 nitrogen and oxygen atoms in total. The van der Waals surface area contributed by atoms with E-state index in [0.29, 0.717) is 13.0 Å². The summed E-state index contributed by atoms with van der Waals surface area (Å²) in [5.41, 5.74) is 2.31. The van der Waals surface area contributed by atoms with Gasteiger partial charge in [-0.05, 0) is 49.4 Å². The molecule has 1 aliphatic heterocycles. The number of ether oxygens (including phenoxy) is 2. The Morgan fingerprint density at radius 2 is 1.89 bits per heavy atom. The van der Waals surface area contributed by atoms with Gasteiger partial charge in [-0.2, -0.15) is 0 Å². The van der Waals surface area contributed by atoms with Gasteiger partial charge < -0.3 is 14.8 Å². The molecule has 1 saturated heterocycles. The van der Waals surface area contributed by atoms with Gasteiger partial charge in [-0.3, -0.25) is 4.79 Å². The Hall–Kier alpha value is -2.33. The maximum absolute atomic E-state index is 12.8. The molecular formula is C23H29NO3. The van der Waals surface area contributed by atoms with Gasteiger partial charge in [0.1, 0.15) is 5.75 Å². The SMILES string of the molecule is CCC(Oc1cccc(C)c1)C(=O)NCC1(c2ccccc2)CCOCC1. The Morgan fingerprint density at radius 3 is 2.56 bits per heavy atom. The second kappa shape index (κ2) is 9.05. The van der Waals surface area contributed by atoms with E-state index in [-0.39, 0.29) is 11.3 Å². The van der Waals surface area contributed by atoms with Crippen LogP contribution < -0.4 is 10.1 Å². The van der Waals surface area contributed by atoms with Crippen LogP contribution in [-0.4, -0.2) is 31.8 Å². The summed E-state index contributed by atoms with van der Waals surface area (Å²) in [7, 11) is 0. The highest BCUT2D eigenvalue weighted by atomic mass is 16.5. The molecule has 1 N–H and O–H groups in total. The third-order valence-electron chi connectivity index (χ3n) is 5.37. The van der Waals surface area contributed by atoms with Gasteiger partial charge in [-0.25, -0.2) is 0 Å². The van der Waals surface area contributed by atoms with E-state index in [2.05, 4.69) is 29.6 Å². The van der Waals surface area contributed by atoms with Crippen molar-refractivity contribution in [1.82, 2.24) is 5.32 Å². The third-order valence-corrected chi connectivity index (χ3v) is 5.37. The Bertz CT molecular complexity index is 738. The first-order valence-corrected chi connectivity index (χ1v) is 9.77. The van der Waals surface area contributed by atoms with E-state index in [4.69, 9.17) is 9.47 Å². The second-order valence-electron chi connectivity index (χ2n) is 7.31. The minimum absolute atomic E-state index is 0.0548. The fourth-order valence-corrected chi connectivity index (χ4v) is 3.67. The van der Waals surface area contributed by atoms with E-state index in [9.17, 15) is 4.79 Å². The summed E-state index contributed by atoms with van der Waals surface area (Å²) in [5, 5.41) is 3.16. The zero-order valence-corrected chi connectivity index (χ0v) is 16.2. The highest BCUT2D eigenvalue weighted by molar-refractivity contribution is 5.81. The highest BCUT2D eigenvalue weighted by Gasteiger charge is 2.35. The molecule has 2 aromatic carbocycles. The van der Waals surface area contributed by atoms with Crippen molar-refractivity contribution in [2.24, 2.45) is 0 Å². The monoisotopic (exact) mass is 367 g/mol. The zero-order valence-electron chi connectivity index (χ0n) is 16.2. The number of benzene rings is 2. The predicted molar refractivity (Wildman–Crippen MR) is 107 cm³/mol. The summed E-state index contributed by atoms with van der Waals surface area (Å²) in [6, 6.07) is 18.3. The van der Waals surface area contributed by atoms with Gasteiger partial charge in [0.2, 0.25) is 0 Å². The van der Waals surface area contributed by atoms with Crippen LogP contribution in [0.5, 0.6) is 5.75 Å². The lowest BCUT2D eigenvalue weighted by Crippen LogP contribution is -2.48. The Kier molecular flexibility index (Phi) is 6.51. The fraction of sp³-hybridized carbons (Fsp3) is 0.435. The first-order chi connectivity index (χ1) is 13.1. The summed E-state index contributed by atoms with van der Waals surface area (Å²) in [6.45, 7) is 6.04. The Morgan fingerprint density at radius 1 is 1.15 bits per heavy atom. The molecule has 0 aliphatic carbocycles. The minimum Gasteiger partial charge on any atom is -0.481 e. The van der Waals surface area contributed by atoms with Crippen molar-refractivity contribution in [3.63, 3.8) is 0 Å². The van der Waals surface area contributed by atoms with Crippen molar-refractivity contribution in [2.45, 2.75) is 44.6 Å². The first kappa shape index (κ1) is 19.4. The van der Waals surface area contributed by atoms with Crippen LogP contribution in [0.25, 0.3) is 0 Å². The summed E-state index contributed by atoms with van der Waals surface area (Å²) >= 11 is 0. The van der Waals surface area contributed by atoms with Crippen LogP contribution in [0.1, 0.15) is 37.3 Å². The van der Waals surface area contributed by atoms with Crippen molar-refractivity contribution < 1.29 is 14.3 Å². The largest absolute Gasteiger partial charge is 0.481 e. The average molecular weight is 367 g/mol. The number of aryl methyl sites for hydroxylation is 1. The Balaban J connectivity index is 1.67. The molecule has 27 heavy (non-hydrogen) atoms. The van der Waals surface area contributed by atoms with E-state index in [1.807, 2.05) is 44.2 Å². The normalized spacial score (nSPS) is 17.1. The number of hydrogen-bond acceptors (Lipinski definition) is 3. The molecular weight excluding hydrogens is 338 g/mol. The van der Waals surface area contributed by atoms with Gasteiger partial charge >= 0.3 is 0 Å². The smallest absolute Gasteiger partial charge is 0.261 e. The lowest BCUT2D eigenvalue weighted by Gasteiger charge is -2.38. The van der Waals surface area contributed by atoms with Crippen molar-refractivity contribution in [3.8, 4) is 5.75 Å². The maximum atomic E-state index is 12.8. The molecule has 3 rings (SSSR count). The van der Waals surface area contributed by atoms with E-state index in [1.165, 1.54) is 5.56 Å². The topological polar surface area (TPSA) is 47.6 Å². The van der Waals surface area contributed by atoms with Gasteiger partial charge in [-0.15, -0.1) is 0 Å². The third kappa shape index (κ3) is 4.89. The summed E-state index contributed by atoms with van der Waals surface area (Å²) in [4.78, 5) is 12.8. The van der Waals surface area contributed by atoms with Gasteiger partial charge in [-0.1, -0.05) is 49.4 Å². The molecule has 0 saturated carbocycles. The molecule has 0 spiro atoms. The summed E-state index contributed by atoms with van der Waals surface area (Å²) in [5.74, 6) is 0.682. The van der Waals surface area contributed by atoms with Crippen molar-refractivity contribution in [3.05, 3.63) is 65.7 Å². The molecule has 1 aliphatic rings. The predicted octanol–water partition coefficient (Wildman–Crippen LogP) is 4.02. The van der Waals surface area contributed by atoms with E-state index in [1.54, 1.807) is 0 Å². The molecule has 1 amide bonds. The van der Waals surface area contributed by atoms with Crippen LogP contribution in [0.15, 0.2) is 54.6 Å². The second-order valence-corrected chi connectivity index (χ2v) is 7.31. The van der Waals surface area contributed by atoms with Gasteiger partial charge in [0.05, 0.1) is 0 Å². The van der Waals surface area contributed by atoms with Crippen LogP contribution in [0.3, 0.4) is 0 Å². The standard InChI is InChI=1S/C23H29NO3/c1-3-21(27-20-11-7-8-18(2)16-20)22(25)24-17-23(12-14-26-15-13-23)19-9-5-4-6-10-19/h4-11,16,21H,3,12-15,17H2,1-2H3,(H,24,25). The zero-order chi connectivity index (χ0) is 19.1. The molecule has 2 aromatic rings. The fourth-order valence-electron chi connectivity index (χ4n) is 3.67. The van der Waals surface area contributed by atoms with Crippen LogP contribution in [0, 0.1) is 6.92 Å². The molecule has 4 heteroatoms. The number of carbonyl (C=O) groups is 1. The van der Waals surface area contributed by atoms with Crippen LogP contribution >= 0.6 is 0 Å². The molecule has 1 atom stereocenters. The summed E-state index contributed by atoms with van der Waals surface area (Å²) in [6.07, 6.45) is 1.96. The lowest BCUT2D eigenvalue weighted by atomic mass is 9.74. The molecule has 1 heterocycles. The average Bonchev–Trinajstić information content (AvgIpc) is 2.71. The Labute approximate surface area is 161 Å². The first-order valence-electron chi connectivity index (χ1n) is 9.77. The molecule has 0 radical (unpaired) electrons. The van der Waals surface area contributed by atoms with Crippen molar-refractivity contribution in [2.75, 3.05) is 19.8 Å². The van der Waals surface area contributed by atoms with Crippen LogP contribution in [0.4, 0.5) is 0 Å². The number of amides is 1. The van der Waals surface area contributed by atoms with Gasteiger partial charge in [0, 0.05) is 25.2 Å². The van der Waals surface area contributed by atoms with E-state index < -0.39 is 6.10 Å². The van der Waals surface area contributed by atoms with Gasteiger partial charge in [0.25, 0.3) is 5.91 Å². The highest BCUT2D eigenvalue weighted by Crippen LogP contribution is 2.34. The van der Waals surface area contributed by atoms with Crippen LogP contribution in [-0.2, 0) is 14.9 Å². The number of carbonyl (C=O) groups excluding carboxylic acids is 1. The molecule has 0 bridgehead atoms. The lowest BCUT2D eigenvalue weighted by molar-refractivity contribution is -0.128. The molecule has 0 aromatic heterocycles. The maximum Gasteiger partial charge on any atom is 0.261 e. The number of nitrogens with one attached hydrogen (secondary N) is 1. The molecule has 1 fully saturated rings. The van der Waals surface area contributed by atoms with Crippen LogP contribution in [0.2, 0.25) is 0 Å². The molecule has 144 valence electrons. The van der Waals surface area contributed by atoms with Gasteiger partial charge in [0.15, 0.2) is 6.10 Å².